The summed E-state index contributed by atoms with van der Waals surface area (Å²) in [6.07, 6.45) is 5.51. The van der Waals surface area contributed by atoms with Crippen LogP contribution in [0.4, 0.5) is 11.6 Å². The third kappa shape index (κ3) is 3.82. The Bertz CT molecular complexity index is 424. The van der Waals surface area contributed by atoms with Crippen molar-refractivity contribution >= 4 is 11.6 Å². The van der Waals surface area contributed by atoms with Crippen molar-refractivity contribution in [3.63, 3.8) is 0 Å². The van der Waals surface area contributed by atoms with Gasteiger partial charge in [0.05, 0.1) is 0 Å². The number of aromatic nitrogens is 2. The number of hydrogen-bond donors (Lipinski definition) is 3. The minimum absolute atomic E-state index is 0.305. The first kappa shape index (κ1) is 15.0. The highest BCUT2D eigenvalue weighted by Crippen LogP contribution is 2.31. The van der Waals surface area contributed by atoms with E-state index < -0.39 is 0 Å². The molecule has 0 bridgehead atoms. The van der Waals surface area contributed by atoms with Crippen LogP contribution in [0.2, 0.25) is 0 Å². The van der Waals surface area contributed by atoms with Crippen LogP contribution in [-0.2, 0) is 6.42 Å². The molecule has 0 aliphatic heterocycles. The fourth-order valence-corrected chi connectivity index (χ4v) is 2.91. The van der Waals surface area contributed by atoms with E-state index >= 15 is 0 Å². The molecule has 1 saturated carbocycles. The van der Waals surface area contributed by atoms with Gasteiger partial charge in [0.1, 0.15) is 17.5 Å². The standard InChI is InChI=1S/C15H26N4O/c1-3-5-13-18-14(16-2)8-15(19-13)17-9-11-6-4-7-12(11)10-20/h8,11-12,20H,3-7,9-10H2,1-2H3,(H2,16,17,18,19). The van der Waals surface area contributed by atoms with Crippen LogP contribution in [0.5, 0.6) is 0 Å². The molecule has 20 heavy (non-hydrogen) atoms. The quantitative estimate of drug-likeness (QED) is 0.714. The first-order valence-corrected chi connectivity index (χ1v) is 7.67. The Morgan fingerprint density at radius 1 is 1.25 bits per heavy atom. The second-order valence-electron chi connectivity index (χ2n) is 5.57. The molecule has 1 heterocycles. The Labute approximate surface area is 121 Å². The van der Waals surface area contributed by atoms with Gasteiger partial charge in [-0.2, -0.15) is 0 Å². The van der Waals surface area contributed by atoms with E-state index in [1.807, 2.05) is 13.1 Å². The van der Waals surface area contributed by atoms with Crippen molar-refractivity contribution < 1.29 is 5.11 Å². The van der Waals surface area contributed by atoms with E-state index in [2.05, 4.69) is 27.5 Å². The SMILES string of the molecule is CCCc1nc(NC)cc(NCC2CCCC2CO)n1. The first-order chi connectivity index (χ1) is 9.76. The summed E-state index contributed by atoms with van der Waals surface area (Å²) in [6.45, 7) is 3.32. The van der Waals surface area contributed by atoms with E-state index in [1.165, 1.54) is 12.8 Å². The highest BCUT2D eigenvalue weighted by atomic mass is 16.3. The largest absolute Gasteiger partial charge is 0.396 e. The molecule has 0 amide bonds. The van der Waals surface area contributed by atoms with Crippen molar-refractivity contribution in [1.82, 2.24) is 9.97 Å². The zero-order valence-corrected chi connectivity index (χ0v) is 12.5. The van der Waals surface area contributed by atoms with Gasteiger partial charge in [-0.05, 0) is 31.1 Å². The van der Waals surface area contributed by atoms with E-state index in [0.29, 0.717) is 18.4 Å². The van der Waals surface area contributed by atoms with Gasteiger partial charge in [0.2, 0.25) is 0 Å². The molecule has 0 radical (unpaired) electrons. The molecule has 0 aromatic carbocycles. The third-order valence-electron chi connectivity index (χ3n) is 4.10. The molecular weight excluding hydrogens is 252 g/mol. The number of anilines is 2. The maximum Gasteiger partial charge on any atom is 0.133 e. The predicted octanol–water partition coefficient (Wildman–Crippen LogP) is 2.29. The average molecular weight is 278 g/mol. The molecule has 5 heteroatoms. The van der Waals surface area contributed by atoms with Crippen molar-refractivity contribution in [1.29, 1.82) is 0 Å². The summed E-state index contributed by atoms with van der Waals surface area (Å²) in [7, 11) is 1.88. The number of aryl methyl sites for hydroxylation is 1. The van der Waals surface area contributed by atoms with E-state index in [9.17, 15) is 5.11 Å². The van der Waals surface area contributed by atoms with Crippen LogP contribution in [-0.4, -0.2) is 35.3 Å². The predicted molar refractivity (Wildman–Crippen MR) is 82.0 cm³/mol. The third-order valence-corrected chi connectivity index (χ3v) is 4.10. The number of nitrogens with one attached hydrogen (secondary N) is 2. The van der Waals surface area contributed by atoms with Gasteiger partial charge in [-0.3, -0.25) is 0 Å². The highest BCUT2D eigenvalue weighted by molar-refractivity contribution is 5.47. The molecule has 3 N–H and O–H groups in total. The lowest BCUT2D eigenvalue weighted by Gasteiger charge is -2.18. The normalized spacial score (nSPS) is 21.9. The van der Waals surface area contributed by atoms with Crippen LogP contribution < -0.4 is 10.6 Å². The van der Waals surface area contributed by atoms with Crippen molar-refractivity contribution in [2.24, 2.45) is 11.8 Å². The number of nitrogens with zero attached hydrogens (tertiary/aromatic N) is 2. The highest BCUT2D eigenvalue weighted by Gasteiger charge is 2.26. The Kier molecular flexibility index (Phi) is 5.59. The summed E-state index contributed by atoms with van der Waals surface area (Å²) in [6, 6.07) is 1.95. The molecule has 2 unspecified atom stereocenters. The van der Waals surface area contributed by atoms with E-state index in [1.54, 1.807) is 0 Å². The van der Waals surface area contributed by atoms with Crippen LogP contribution >= 0.6 is 0 Å². The summed E-state index contributed by atoms with van der Waals surface area (Å²) in [5.74, 6) is 3.63. The summed E-state index contributed by atoms with van der Waals surface area (Å²) < 4.78 is 0. The van der Waals surface area contributed by atoms with E-state index in [0.717, 1.165) is 43.3 Å². The molecule has 2 rings (SSSR count). The molecule has 0 saturated heterocycles. The first-order valence-electron chi connectivity index (χ1n) is 7.67. The second-order valence-corrected chi connectivity index (χ2v) is 5.57. The lowest BCUT2D eigenvalue weighted by molar-refractivity contribution is 0.199. The van der Waals surface area contributed by atoms with Gasteiger partial charge in [0, 0.05) is 32.7 Å². The number of aliphatic hydroxyl groups is 1. The second kappa shape index (κ2) is 7.43. The lowest BCUT2D eigenvalue weighted by Crippen LogP contribution is -2.21. The minimum Gasteiger partial charge on any atom is -0.396 e. The van der Waals surface area contributed by atoms with Gasteiger partial charge in [-0.15, -0.1) is 0 Å². The number of aliphatic hydroxyl groups excluding tert-OH is 1. The summed E-state index contributed by atoms with van der Waals surface area (Å²) in [5, 5.41) is 15.9. The van der Waals surface area contributed by atoms with Gasteiger partial charge in [0.15, 0.2) is 0 Å². The summed E-state index contributed by atoms with van der Waals surface area (Å²) in [4.78, 5) is 9.01. The van der Waals surface area contributed by atoms with Crippen LogP contribution in [0.1, 0.15) is 38.4 Å². The van der Waals surface area contributed by atoms with Gasteiger partial charge in [-0.1, -0.05) is 13.3 Å². The van der Waals surface area contributed by atoms with Crippen LogP contribution in [0.15, 0.2) is 6.07 Å². The Morgan fingerprint density at radius 2 is 2.00 bits per heavy atom. The number of hydrogen-bond acceptors (Lipinski definition) is 5. The molecule has 5 nitrogen and oxygen atoms in total. The zero-order valence-electron chi connectivity index (χ0n) is 12.5. The Morgan fingerprint density at radius 3 is 2.70 bits per heavy atom. The van der Waals surface area contributed by atoms with Gasteiger partial charge >= 0.3 is 0 Å². The van der Waals surface area contributed by atoms with Crippen molar-refractivity contribution in [3.8, 4) is 0 Å². The molecular formula is C15H26N4O. The summed E-state index contributed by atoms with van der Waals surface area (Å²) >= 11 is 0. The van der Waals surface area contributed by atoms with Gasteiger partial charge < -0.3 is 15.7 Å². The molecule has 1 aromatic rings. The van der Waals surface area contributed by atoms with Crippen LogP contribution in [0, 0.1) is 11.8 Å². The van der Waals surface area contributed by atoms with Crippen LogP contribution in [0.3, 0.4) is 0 Å². The average Bonchev–Trinajstić information content (AvgIpc) is 2.92. The molecule has 0 spiro atoms. The lowest BCUT2D eigenvalue weighted by atomic mass is 9.97. The molecule has 1 fully saturated rings. The van der Waals surface area contributed by atoms with E-state index in [4.69, 9.17) is 0 Å². The molecule has 1 aliphatic carbocycles. The van der Waals surface area contributed by atoms with Crippen molar-refractivity contribution in [3.05, 3.63) is 11.9 Å². The molecule has 1 aliphatic rings. The topological polar surface area (TPSA) is 70.1 Å². The maximum absolute atomic E-state index is 9.37. The summed E-state index contributed by atoms with van der Waals surface area (Å²) in [5.41, 5.74) is 0. The monoisotopic (exact) mass is 278 g/mol. The fraction of sp³-hybridized carbons (Fsp3) is 0.733. The van der Waals surface area contributed by atoms with Crippen molar-refractivity contribution in [2.75, 3.05) is 30.8 Å². The molecule has 1 aromatic heterocycles. The Hall–Kier alpha value is -1.36. The maximum atomic E-state index is 9.37. The number of rotatable bonds is 7. The van der Waals surface area contributed by atoms with E-state index in [-0.39, 0.29) is 0 Å². The fourth-order valence-electron chi connectivity index (χ4n) is 2.91. The minimum atomic E-state index is 0.305. The smallest absolute Gasteiger partial charge is 0.133 e. The van der Waals surface area contributed by atoms with Gasteiger partial charge in [-0.25, -0.2) is 9.97 Å². The van der Waals surface area contributed by atoms with Gasteiger partial charge in [0.25, 0.3) is 0 Å². The van der Waals surface area contributed by atoms with Crippen LogP contribution in [0.25, 0.3) is 0 Å². The Balaban J connectivity index is 1.99. The van der Waals surface area contributed by atoms with Crippen molar-refractivity contribution in [2.45, 2.75) is 39.0 Å². The molecule has 112 valence electrons. The zero-order chi connectivity index (χ0) is 14.4. The molecule has 2 atom stereocenters.